The number of nitrogens with one attached hydrogen (secondary N) is 1. The molecule has 3 nitrogen and oxygen atoms in total. The molecule has 0 spiro atoms. The third kappa shape index (κ3) is 7.34. The molecule has 1 rings (SSSR count). The lowest BCUT2D eigenvalue weighted by Crippen LogP contribution is -2.37. The Kier molecular flexibility index (Phi) is 9.54. The van der Waals surface area contributed by atoms with Gasteiger partial charge in [-0.1, -0.05) is 20.3 Å². The molecule has 0 aromatic heterocycles. The first-order chi connectivity index (χ1) is 8.86. The quantitative estimate of drug-likeness (QED) is 0.610. The lowest BCUT2D eigenvalue weighted by molar-refractivity contribution is -0.0157. The summed E-state index contributed by atoms with van der Waals surface area (Å²) in [7, 11) is 0. The van der Waals surface area contributed by atoms with Crippen LogP contribution in [0.2, 0.25) is 0 Å². The first-order valence-corrected chi connectivity index (χ1v) is 7.79. The standard InChI is InChI=1S/C15H31NO2/c1-3-5-10-17-11-12-18-15-8-6-7-14(13-15)16-9-4-2/h14-16H,3-13H2,1-2H3. The van der Waals surface area contributed by atoms with E-state index < -0.39 is 0 Å². The van der Waals surface area contributed by atoms with Crippen LogP contribution in [0.5, 0.6) is 0 Å². The predicted molar refractivity (Wildman–Crippen MR) is 76.0 cm³/mol. The SMILES string of the molecule is CCCCOCCOC1CCCC(NCCC)C1. The number of rotatable bonds is 10. The van der Waals surface area contributed by atoms with Gasteiger partial charge >= 0.3 is 0 Å². The van der Waals surface area contributed by atoms with E-state index in [1.165, 1.54) is 38.5 Å². The van der Waals surface area contributed by atoms with E-state index in [9.17, 15) is 0 Å². The Balaban J connectivity index is 2.00. The molecule has 108 valence electrons. The highest BCUT2D eigenvalue weighted by Crippen LogP contribution is 2.21. The highest BCUT2D eigenvalue weighted by atomic mass is 16.5. The molecule has 0 aromatic carbocycles. The van der Waals surface area contributed by atoms with Gasteiger partial charge in [0, 0.05) is 12.6 Å². The third-order valence-corrected chi connectivity index (χ3v) is 3.53. The van der Waals surface area contributed by atoms with E-state index in [1.807, 2.05) is 0 Å². The van der Waals surface area contributed by atoms with Crippen molar-refractivity contribution in [3.8, 4) is 0 Å². The Labute approximate surface area is 113 Å². The molecule has 0 bridgehead atoms. The molecule has 2 atom stereocenters. The maximum Gasteiger partial charge on any atom is 0.0704 e. The summed E-state index contributed by atoms with van der Waals surface area (Å²) >= 11 is 0. The average Bonchev–Trinajstić information content (AvgIpc) is 2.41. The summed E-state index contributed by atoms with van der Waals surface area (Å²) in [5, 5.41) is 3.61. The van der Waals surface area contributed by atoms with Crippen LogP contribution in [0.3, 0.4) is 0 Å². The van der Waals surface area contributed by atoms with Crippen molar-refractivity contribution in [3.63, 3.8) is 0 Å². The summed E-state index contributed by atoms with van der Waals surface area (Å²) in [5.41, 5.74) is 0. The average molecular weight is 257 g/mol. The van der Waals surface area contributed by atoms with Gasteiger partial charge in [0.15, 0.2) is 0 Å². The molecule has 1 aliphatic rings. The van der Waals surface area contributed by atoms with Gasteiger partial charge in [0.25, 0.3) is 0 Å². The summed E-state index contributed by atoms with van der Waals surface area (Å²) in [4.78, 5) is 0. The summed E-state index contributed by atoms with van der Waals surface area (Å²) in [6.45, 7) is 7.93. The Morgan fingerprint density at radius 1 is 1.06 bits per heavy atom. The zero-order valence-corrected chi connectivity index (χ0v) is 12.2. The van der Waals surface area contributed by atoms with Crippen LogP contribution in [0.1, 0.15) is 58.8 Å². The van der Waals surface area contributed by atoms with Crippen molar-refractivity contribution in [2.45, 2.75) is 70.9 Å². The second-order valence-electron chi connectivity index (χ2n) is 5.28. The molecular formula is C15H31NO2. The minimum atomic E-state index is 0.447. The van der Waals surface area contributed by atoms with Gasteiger partial charge in [0.1, 0.15) is 0 Å². The van der Waals surface area contributed by atoms with Crippen LogP contribution in [-0.2, 0) is 9.47 Å². The maximum atomic E-state index is 5.91. The first kappa shape index (κ1) is 15.9. The van der Waals surface area contributed by atoms with Crippen molar-refractivity contribution in [1.82, 2.24) is 5.32 Å². The van der Waals surface area contributed by atoms with Crippen molar-refractivity contribution >= 4 is 0 Å². The van der Waals surface area contributed by atoms with E-state index in [0.717, 1.165) is 32.8 Å². The fourth-order valence-electron chi connectivity index (χ4n) is 2.45. The second kappa shape index (κ2) is 10.8. The van der Waals surface area contributed by atoms with Crippen molar-refractivity contribution in [2.75, 3.05) is 26.4 Å². The molecule has 0 saturated heterocycles. The molecule has 1 saturated carbocycles. The lowest BCUT2D eigenvalue weighted by atomic mass is 9.93. The second-order valence-corrected chi connectivity index (χ2v) is 5.28. The molecule has 2 unspecified atom stereocenters. The normalized spacial score (nSPS) is 24.3. The molecule has 3 heteroatoms. The maximum absolute atomic E-state index is 5.91. The van der Waals surface area contributed by atoms with Gasteiger partial charge < -0.3 is 14.8 Å². The third-order valence-electron chi connectivity index (χ3n) is 3.53. The molecule has 1 fully saturated rings. The molecule has 0 radical (unpaired) electrons. The van der Waals surface area contributed by atoms with E-state index >= 15 is 0 Å². The van der Waals surface area contributed by atoms with Crippen LogP contribution in [0.15, 0.2) is 0 Å². The minimum Gasteiger partial charge on any atom is -0.379 e. The number of unbranched alkanes of at least 4 members (excludes halogenated alkanes) is 1. The number of ether oxygens (including phenoxy) is 2. The van der Waals surface area contributed by atoms with Gasteiger partial charge in [0.2, 0.25) is 0 Å². The van der Waals surface area contributed by atoms with Gasteiger partial charge in [-0.15, -0.1) is 0 Å². The summed E-state index contributed by atoms with van der Waals surface area (Å²) < 4.78 is 11.4. The van der Waals surface area contributed by atoms with Crippen LogP contribution in [0, 0.1) is 0 Å². The Bertz CT molecular complexity index is 187. The van der Waals surface area contributed by atoms with Gasteiger partial charge in [-0.25, -0.2) is 0 Å². The van der Waals surface area contributed by atoms with Crippen molar-refractivity contribution < 1.29 is 9.47 Å². The summed E-state index contributed by atoms with van der Waals surface area (Å²) in [6, 6.07) is 0.671. The Morgan fingerprint density at radius 3 is 2.72 bits per heavy atom. The van der Waals surface area contributed by atoms with Gasteiger partial charge in [-0.05, 0) is 45.1 Å². The number of hydrogen-bond donors (Lipinski definition) is 1. The van der Waals surface area contributed by atoms with E-state index in [0.29, 0.717) is 12.1 Å². The Morgan fingerprint density at radius 2 is 1.94 bits per heavy atom. The van der Waals surface area contributed by atoms with Crippen LogP contribution >= 0.6 is 0 Å². The molecule has 0 amide bonds. The predicted octanol–water partition coefficient (Wildman–Crippen LogP) is 3.13. The van der Waals surface area contributed by atoms with E-state index in [2.05, 4.69) is 19.2 Å². The van der Waals surface area contributed by atoms with E-state index in [-0.39, 0.29) is 0 Å². The van der Waals surface area contributed by atoms with Crippen molar-refractivity contribution in [2.24, 2.45) is 0 Å². The lowest BCUT2D eigenvalue weighted by Gasteiger charge is -2.29. The summed E-state index contributed by atoms with van der Waals surface area (Å²) in [6.07, 6.45) is 9.03. The molecule has 0 aliphatic heterocycles. The highest BCUT2D eigenvalue weighted by Gasteiger charge is 2.21. The smallest absolute Gasteiger partial charge is 0.0704 e. The topological polar surface area (TPSA) is 30.5 Å². The van der Waals surface area contributed by atoms with Crippen LogP contribution in [0.4, 0.5) is 0 Å². The fourth-order valence-corrected chi connectivity index (χ4v) is 2.45. The monoisotopic (exact) mass is 257 g/mol. The van der Waals surface area contributed by atoms with Gasteiger partial charge in [0.05, 0.1) is 19.3 Å². The van der Waals surface area contributed by atoms with E-state index in [1.54, 1.807) is 0 Å². The fraction of sp³-hybridized carbons (Fsp3) is 1.00. The summed E-state index contributed by atoms with van der Waals surface area (Å²) in [5.74, 6) is 0. The van der Waals surface area contributed by atoms with Crippen molar-refractivity contribution in [1.29, 1.82) is 0 Å². The van der Waals surface area contributed by atoms with Crippen LogP contribution in [0.25, 0.3) is 0 Å². The minimum absolute atomic E-state index is 0.447. The van der Waals surface area contributed by atoms with Gasteiger partial charge in [-0.3, -0.25) is 0 Å². The van der Waals surface area contributed by atoms with E-state index in [4.69, 9.17) is 9.47 Å². The largest absolute Gasteiger partial charge is 0.379 e. The molecule has 18 heavy (non-hydrogen) atoms. The molecule has 1 N–H and O–H groups in total. The van der Waals surface area contributed by atoms with Crippen LogP contribution in [-0.4, -0.2) is 38.5 Å². The Hall–Kier alpha value is -0.120. The zero-order chi connectivity index (χ0) is 13.1. The van der Waals surface area contributed by atoms with Crippen LogP contribution < -0.4 is 5.32 Å². The molecule has 0 heterocycles. The zero-order valence-electron chi connectivity index (χ0n) is 12.2. The molecule has 0 aromatic rings. The van der Waals surface area contributed by atoms with Crippen molar-refractivity contribution in [3.05, 3.63) is 0 Å². The molecular weight excluding hydrogens is 226 g/mol. The highest BCUT2D eigenvalue weighted by molar-refractivity contribution is 4.78. The number of hydrogen-bond acceptors (Lipinski definition) is 3. The van der Waals surface area contributed by atoms with Gasteiger partial charge in [-0.2, -0.15) is 0 Å². The molecule has 1 aliphatic carbocycles. The first-order valence-electron chi connectivity index (χ1n) is 7.79.